The predicted molar refractivity (Wildman–Crippen MR) is 67.7 cm³/mol. The van der Waals surface area contributed by atoms with Crippen molar-refractivity contribution in [1.82, 2.24) is 15.1 Å². The first kappa shape index (κ1) is 13.9. The Kier molecular flexibility index (Phi) is 6.28. The van der Waals surface area contributed by atoms with Gasteiger partial charge in [0.2, 0.25) is 0 Å². The van der Waals surface area contributed by atoms with Crippen LogP contribution in [-0.2, 0) is 0 Å². The Morgan fingerprint density at radius 1 is 1.25 bits per heavy atom. The van der Waals surface area contributed by atoms with Crippen molar-refractivity contribution in [1.29, 1.82) is 0 Å². The van der Waals surface area contributed by atoms with Crippen molar-refractivity contribution in [2.24, 2.45) is 0 Å². The van der Waals surface area contributed by atoms with Crippen LogP contribution in [0.25, 0.3) is 0 Å². The van der Waals surface area contributed by atoms with E-state index in [1.165, 1.54) is 6.42 Å². The van der Waals surface area contributed by atoms with Crippen LogP contribution in [0.1, 0.15) is 20.3 Å². The molecule has 1 saturated heterocycles. The van der Waals surface area contributed by atoms with Crippen molar-refractivity contribution in [3.63, 3.8) is 0 Å². The van der Waals surface area contributed by atoms with E-state index in [1.54, 1.807) is 0 Å². The molecule has 1 fully saturated rings. The van der Waals surface area contributed by atoms with Crippen LogP contribution in [0.3, 0.4) is 0 Å². The molecule has 2 N–H and O–H groups in total. The smallest absolute Gasteiger partial charge is 0.0791 e. The topological polar surface area (TPSA) is 38.7 Å². The van der Waals surface area contributed by atoms with Gasteiger partial charge in [0.05, 0.1) is 6.10 Å². The molecule has 1 rings (SSSR count). The molecule has 0 aromatic heterocycles. The fourth-order valence-electron chi connectivity index (χ4n) is 2.24. The Morgan fingerprint density at radius 3 is 2.38 bits per heavy atom. The standard InChI is InChI=1S/C12H27N3O/c1-4-11(2)15-7-5-14(6-8-15)10-12(16)9-13-3/h11-13,16H,4-10H2,1-3H3. The summed E-state index contributed by atoms with van der Waals surface area (Å²) in [6, 6.07) is 0.699. The molecule has 0 spiro atoms. The van der Waals surface area contributed by atoms with Crippen LogP contribution in [0.4, 0.5) is 0 Å². The summed E-state index contributed by atoms with van der Waals surface area (Å²) < 4.78 is 0. The Balaban J connectivity index is 2.21. The fraction of sp³-hybridized carbons (Fsp3) is 1.00. The maximum Gasteiger partial charge on any atom is 0.0791 e. The highest BCUT2D eigenvalue weighted by Crippen LogP contribution is 2.08. The third-order valence-electron chi connectivity index (χ3n) is 3.53. The Labute approximate surface area is 99.6 Å². The number of aliphatic hydroxyl groups is 1. The molecule has 0 bridgehead atoms. The molecule has 4 nitrogen and oxygen atoms in total. The van der Waals surface area contributed by atoms with Crippen molar-refractivity contribution < 1.29 is 5.11 Å². The average Bonchev–Trinajstić information content (AvgIpc) is 2.29. The summed E-state index contributed by atoms with van der Waals surface area (Å²) in [5.74, 6) is 0. The van der Waals surface area contributed by atoms with Crippen molar-refractivity contribution in [2.45, 2.75) is 32.4 Å². The lowest BCUT2D eigenvalue weighted by atomic mass is 10.2. The van der Waals surface area contributed by atoms with Crippen LogP contribution in [-0.4, -0.2) is 73.4 Å². The maximum absolute atomic E-state index is 9.70. The molecule has 1 aliphatic rings. The quantitative estimate of drug-likeness (QED) is 0.671. The molecular weight excluding hydrogens is 202 g/mol. The maximum atomic E-state index is 9.70. The second-order valence-corrected chi connectivity index (χ2v) is 4.81. The number of β-amino-alcohol motifs (C(OH)–C–C–N with tert-alkyl or cyclic N) is 1. The van der Waals surface area contributed by atoms with Crippen molar-refractivity contribution in [3.8, 4) is 0 Å². The first-order valence-corrected chi connectivity index (χ1v) is 6.46. The van der Waals surface area contributed by atoms with E-state index in [4.69, 9.17) is 0 Å². The number of likely N-dealkylation sites (N-methyl/N-ethyl adjacent to an activating group) is 1. The molecule has 0 amide bonds. The van der Waals surface area contributed by atoms with E-state index in [0.29, 0.717) is 12.6 Å². The van der Waals surface area contributed by atoms with Gasteiger partial charge in [-0.1, -0.05) is 6.92 Å². The lowest BCUT2D eigenvalue weighted by Crippen LogP contribution is -2.51. The van der Waals surface area contributed by atoms with Gasteiger partial charge < -0.3 is 10.4 Å². The van der Waals surface area contributed by atoms with E-state index in [0.717, 1.165) is 32.7 Å². The van der Waals surface area contributed by atoms with Crippen molar-refractivity contribution in [2.75, 3.05) is 46.3 Å². The molecule has 0 saturated carbocycles. The van der Waals surface area contributed by atoms with Crippen LogP contribution in [0.5, 0.6) is 0 Å². The zero-order chi connectivity index (χ0) is 12.0. The predicted octanol–water partition coefficient (Wildman–Crippen LogP) is -0.0172. The van der Waals surface area contributed by atoms with Gasteiger partial charge in [-0.15, -0.1) is 0 Å². The minimum atomic E-state index is -0.236. The highest BCUT2D eigenvalue weighted by molar-refractivity contribution is 4.77. The molecule has 1 heterocycles. The first-order chi connectivity index (χ1) is 7.67. The first-order valence-electron chi connectivity index (χ1n) is 6.46. The van der Waals surface area contributed by atoms with E-state index in [2.05, 4.69) is 29.0 Å². The van der Waals surface area contributed by atoms with Gasteiger partial charge in [-0.3, -0.25) is 9.80 Å². The van der Waals surface area contributed by atoms with E-state index in [1.807, 2.05) is 7.05 Å². The number of hydrogen-bond donors (Lipinski definition) is 2. The van der Waals surface area contributed by atoms with Gasteiger partial charge in [-0.25, -0.2) is 0 Å². The minimum Gasteiger partial charge on any atom is -0.390 e. The summed E-state index contributed by atoms with van der Waals surface area (Å²) >= 11 is 0. The Bertz CT molecular complexity index is 181. The molecule has 16 heavy (non-hydrogen) atoms. The lowest BCUT2D eigenvalue weighted by molar-refractivity contribution is 0.0594. The molecule has 2 atom stereocenters. The Hall–Kier alpha value is -0.160. The van der Waals surface area contributed by atoms with Gasteiger partial charge in [0, 0.05) is 45.3 Å². The zero-order valence-corrected chi connectivity index (χ0v) is 10.9. The number of aliphatic hydroxyl groups excluding tert-OH is 1. The van der Waals surface area contributed by atoms with Crippen LogP contribution in [0.2, 0.25) is 0 Å². The number of nitrogens with zero attached hydrogens (tertiary/aromatic N) is 2. The molecule has 0 aromatic rings. The van der Waals surface area contributed by atoms with Crippen LogP contribution < -0.4 is 5.32 Å². The summed E-state index contributed by atoms with van der Waals surface area (Å²) in [5.41, 5.74) is 0. The average molecular weight is 229 g/mol. The second kappa shape index (κ2) is 7.22. The van der Waals surface area contributed by atoms with E-state index in [-0.39, 0.29) is 6.10 Å². The van der Waals surface area contributed by atoms with Crippen LogP contribution >= 0.6 is 0 Å². The summed E-state index contributed by atoms with van der Waals surface area (Å²) in [5, 5.41) is 12.7. The largest absolute Gasteiger partial charge is 0.390 e. The highest BCUT2D eigenvalue weighted by atomic mass is 16.3. The Morgan fingerprint density at radius 2 is 1.88 bits per heavy atom. The van der Waals surface area contributed by atoms with Gasteiger partial charge in [-0.05, 0) is 20.4 Å². The molecule has 2 unspecified atom stereocenters. The summed E-state index contributed by atoms with van der Waals surface area (Å²) in [4.78, 5) is 4.90. The summed E-state index contributed by atoms with van der Waals surface area (Å²) in [6.45, 7) is 10.5. The molecule has 0 aliphatic carbocycles. The highest BCUT2D eigenvalue weighted by Gasteiger charge is 2.21. The van der Waals surface area contributed by atoms with Gasteiger partial charge in [-0.2, -0.15) is 0 Å². The number of hydrogen-bond acceptors (Lipinski definition) is 4. The third-order valence-corrected chi connectivity index (χ3v) is 3.53. The van der Waals surface area contributed by atoms with Crippen molar-refractivity contribution >= 4 is 0 Å². The second-order valence-electron chi connectivity index (χ2n) is 4.81. The van der Waals surface area contributed by atoms with E-state index in [9.17, 15) is 5.11 Å². The number of rotatable bonds is 6. The fourth-order valence-corrected chi connectivity index (χ4v) is 2.24. The molecule has 4 heteroatoms. The lowest BCUT2D eigenvalue weighted by Gasteiger charge is -2.38. The van der Waals surface area contributed by atoms with E-state index >= 15 is 0 Å². The molecule has 96 valence electrons. The minimum absolute atomic E-state index is 0.236. The SMILES string of the molecule is CCC(C)N1CCN(CC(O)CNC)CC1. The monoisotopic (exact) mass is 229 g/mol. The zero-order valence-electron chi connectivity index (χ0n) is 10.9. The van der Waals surface area contributed by atoms with E-state index < -0.39 is 0 Å². The van der Waals surface area contributed by atoms with Gasteiger partial charge in [0.15, 0.2) is 0 Å². The van der Waals surface area contributed by atoms with Crippen LogP contribution in [0.15, 0.2) is 0 Å². The third kappa shape index (κ3) is 4.37. The summed E-state index contributed by atoms with van der Waals surface area (Å²) in [6.07, 6.45) is 0.989. The van der Waals surface area contributed by atoms with Gasteiger partial charge in [0.1, 0.15) is 0 Å². The number of piperazine rings is 1. The molecular formula is C12H27N3O. The molecule has 0 aromatic carbocycles. The normalized spacial score (nSPS) is 23.2. The summed E-state index contributed by atoms with van der Waals surface area (Å²) in [7, 11) is 1.88. The molecule has 1 aliphatic heterocycles. The van der Waals surface area contributed by atoms with Crippen molar-refractivity contribution in [3.05, 3.63) is 0 Å². The van der Waals surface area contributed by atoms with Crippen LogP contribution in [0, 0.1) is 0 Å². The number of nitrogens with one attached hydrogen (secondary N) is 1. The van der Waals surface area contributed by atoms with Gasteiger partial charge in [0.25, 0.3) is 0 Å². The molecule has 0 radical (unpaired) electrons. The van der Waals surface area contributed by atoms with Gasteiger partial charge >= 0.3 is 0 Å².